The van der Waals surface area contributed by atoms with Crippen LogP contribution in [0.1, 0.15) is 16.1 Å². The summed E-state index contributed by atoms with van der Waals surface area (Å²) in [6, 6.07) is 6.78. The molecule has 3 aromatic rings. The first kappa shape index (κ1) is 18.1. The Balaban J connectivity index is 1.65. The summed E-state index contributed by atoms with van der Waals surface area (Å²) < 4.78 is 5.27. The normalized spacial score (nSPS) is 10.4. The second-order valence-electron chi connectivity index (χ2n) is 5.41. The number of amides is 2. The summed E-state index contributed by atoms with van der Waals surface area (Å²) in [5.41, 5.74) is 2.41. The van der Waals surface area contributed by atoms with Crippen molar-refractivity contribution in [3.8, 4) is 5.75 Å². The Morgan fingerprint density at radius 3 is 2.73 bits per heavy atom. The van der Waals surface area contributed by atoms with Crippen LogP contribution in [-0.4, -0.2) is 28.3 Å². The lowest BCUT2D eigenvalue weighted by Gasteiger charge is -2.12. The lowest BCUT2D eigenvalue weighted by Crippen LogP contribution is -2.19. The van der Waals surface area contributed by atoms with Crippen molar-refractivity contribution in [1.82, 2.24) is 15.2 Å². The van der Waals surface area contributed by atoms with Gasteiger partial charge in [0.05, 0.1) is 12.8 Å². The molecular weight excluding hydrogens is 374 g/mol. The van der Waals surface area contributed by atoms with E-state index in [4.69, 9.17) is 16.3 Å². The molecule has 134 valence electrons. The topological polar surface area (TPSA) is 89.0 Å². The minimum Gasteiger partial charge on any atom is -0.495 e. The number of urea groups is 1. The number of pyridine rings is 1. The standard InChI is InChI=1S/C17H16ClN5O2S/c1-10-7-14(25-2)13(9-12(10)18)20-16(24)21-17-23-22-15(26-17)8-11-3-5-19-6-4-11/h3-7,9H,8H2,1-2H3,(H2,20,21,23,24). The van der Waals surface area contributed by atoms with Crippen molar-refractivity contribution in [3.05, 3.63) is 57.8 Å². The van der Waals surface area contributed by atoms with Gasteiger partial charge in [-0.05, 0) is 42.3 Å². The smallest absolute Gasteiger partial charge is 0.325 e. The van der Waals surface area contributed by atoms with Crippen LogP contribution in [0.5, 0.6) is 5.75 Å². The van der Waals surface area contributed by atoms with Gasteiger partial charge in [0.2, 0.25) is 5.13 Å². The fourth-order valence-electron chi connectivity index (χ4n) is 2.22. The summed E-state index contributed by atoms with van der Waals surface area (Å²) in [7, 11) is 1.53. The van der Waals surface area contributed by atoms with Gasteiger partial charge in [0.15, 0.2) is 0 Å². The van der Waals surface area contributed by atoms with Gasteiger partial charge in [-0.3, -0.25) is 10.3 Å². The molecule has 0 fully saturated rings. The average Bonchev–Trinajstić information content (AvgIpc) is 3.05. The Morgan fingerprint density at radius 1 is 1.23 bits per heavy atom. The quantitative estimate of drug-likeness (QED) is 0.684. The molecule has 0 aliphatic rings. The molecule has 3 rings (SSSR count). The van der Waals surface area contributed by atoms with Crippen LogP contribution < -0.4 is 15.4 Å². The molecule has 0 bridgehead atoms. The molecule has 26 heavy (non-hydrogen) atoms. The first-order chi connectivity index (χ1) is 12.5. The fourth-order valence-corrected chi connectivity index (χ4v) is 3.16. The molecular formula is C17H16ClN5O2S. The molecule has 0 saturated heterocycles. The molecule has 7 nitrogen and oxygen atoms in total. The fraction of sp³-hybridized carbons (Fsp3) is 0.176. The Kier molecular flexibility index (Phi) is 5.65. The van der Waals surface area contributed by atoms with Crippen LogP contribution >= 0.6 is 22.9 Å². The number of methoxy groups -OCH3 is 1. The lowest BCUT2D eigenvalue weighted by atomic mass is 10.2. The molecule has 9 heteroatoms. The van der Waals surface area contributed by atoms with Crippen molar-refractivity contribution in [1.29, 1.82) is 0 Å². The van der Waals surface area contributed by atoms with Gasteiger partial charge in [-0.15, -0.1) is 10.2 Å². The number of carbonyl (C=O) groups excluding carboxylic acids is 1. The highest BCUT2D eigenvalue weighted by molar-refractivity contribution is 7.15. The number of benzene rings is 1. The third-order valence-corrected chi connectivity index (χ3v) is 4.77. The SMILES string of the molecule is COc1cc(C)c(Cl)cc1NC(=O)Nc1nnc(Cc2ccncc2)s1. The van der Waals surface area contributed by atoms with E-state index in [1.165, 1.54) is 18.4 Å². The van der Waals surface area contributed by atoms with Gasteiger partial charge in [-0.1, -0.05) is 22.9 Å². The van der Waals surface area contributed by atoms with Gasteiger partial charge in [-0.25, -0.2) is 4.79 Å². The first-order valence-electron chi connectivity index (χ1n) is 7.68. The first-order valence-corrected chi connectivity index (χ1v) is 8.88. The van der Waals surface area contributed by atoms with Crippen LogP contribution in [0.2, 0.25) is 5.02 Å². The number of hydrogen-bond acceptors (Lipinski definition) is 6. The molecule has 0 spiro atoms. The summed E-state index contributed by atoms with van der Waals surface area (Å²) >= 11 is 7.43. The van der Waals surface area contributed by atoms with Gasteiger partial charge in [0.1, 0.15) is 10.8 Å². The number of halogens is 1. The van der Waals surface area contributed by atoms with Gasteiger partial charge in [-0.2, -0.15) is 0 Å². The van der Waals surface area contributed by atoms with E-state index in [9.17, 15) is 4.79 Å². The summed E-state index contributed by atoms with van der Waals surface area (Å²) in [5.74, 6) is 0.526. The molecule has 0 unspecified atom stereocenters. The molecule has 1 aromatic carbocycles. The van der Waals surface area contributed by atoms with Crippen LogP contribution in [0.3, 0.4) is 0 Å². The number of carbonyl (C=O) groups is 1. The molecule has 2 aromatic heterocycles. The number of aromatic nitrogens is 3. The van der Waals surface area contributed by atoms with Gasteiger partial charge < -0.3 is 10.1 Å². The van der Waals surface area contributed by atoms with Crippen molar-refractivity contribution in [2.75, 3.05) is 17.7 Å². The van der Waals surface area contributed by atoms with Crippen LogP contribution in [0.15, 0.2) is 36.7 Å². The number of anilines is 2. The average molecular weight is 390 g/mol. The van der Waals surface area contributed by atoms with E-state index in [1.54, 1.807) is 24.5 Å². The van der Waals surface area contributed by atoms with Crippen molar-refractivity contribution >= 4 is 39.8 Å². The Bertz CT molecular complexity index is 917. The zero-order chi connectivity index (χ0) is 18.5. The number of rotatable bonds is 5. The number of aryl methyl sites for hydroxylation is 1. The highest BCUT2D eigenvalue weighted by Gasteiger charge is 2.13. The van der Waals surface area contributed by atoms with Crippen molar-refractivity contribution in [2.24, 2.45) is 0 Å². The molecule has 0 radical (unpaired) electrons. The van der Waals surface area contributed by atoms with Crippen molar-refractivity contribution in [2.45, 2.75) is 13.3 Å². The highest BCUT2D eigenvalue weighted by atomic mass is 35.5. The third-order valence-electron chi connectivity index (χ3n) is 3.52. The maximum absolute atomic E-state index is 12.2. The Hall–Kier alpha value is -2.71. The molecule has 2 heterocycles. The number of ether oxygens (including phenoxy) is 1. The van der Waals surface area contributed by atoms with Crippen LogP contribution in [-0.2, 0) is 6.42 Å². The Labute approximate surface area is 159 Å². The Morgan fingerprint density at radius 2 is 2.00 bits per heavy atom. The largest absolute Gasteiger partial charge is 0.495 e. The predicted octanol–water partition coefficient (Wildman–Crippen LogP) is 4.14. The second kappa shape index (κ2) is 8.11. The summed E-state index contributed by atoms with van der Waals surface area (Å²) in [4.78, 5) is 16.2. The van der Waals surface area contributed by atoms with E-state index >= 15 is 0 Å². The zero-order valence-electron chi connectivity index (χ0n) is 14.1. The second-order valence-corrected chi connectivity index (χ2v) is 6.88. The minimum atomic E-state index is -0.449. The predicted molar refractivity (Wildman–Crippen MR) is 102 cm³/mol. The maximum Gasteiger partial charge on any atom is 0.325 e. The molecule has 2 amide bonds. The van der Waals surface area contributed by atoms with Gasteiger partial charge >= 0.3 is 6.03 Å². The highest BCUT2D eigenvalue weighted by Crippen LogP contribution is 2.31. The zero-order valence-corrected chi connectivity index (χ0v) is 15.7. The molecule has 0 atom stereocenters. The van der Waals surface area contributed by atoms with Gasteiger partial charge in [0.25, 0.3) is 0 Å². The maximum atomic E-state index is 12.2. The summed E-state index contributed by atoms with van der Waals surface area (Å²) in [6.45, 7) is 1.86. The van der Waals surface area contributed by atoms with E-state index in [2.05, 4.69) is 25.8 Å². The monoisotopic (exact) mass is 389 g/mol. The molecule has 2 N–H and O–H groups in total. The summed E-state index contributed by atoms with van der Waals surface area (Å²) in [6.07, 6.45) is 4.08. The van der Waals surface area contributed by atoms with E-state index in [0.29, 0.717) is 28.0 Å². The third kappa shape index (κ3) is 4.47. The molecule has 0 aliphatic heterocycles. The van der Waals surface area contributed by atoms with E-state index in [-0.39, 0.29) is 0 Å². The lowest BCUT2D eigenvalue weighted by molar-refractivity contribution is 0.262. The number of nitrogens with one attached hydrogen (secondary N) is 2. The van der Waals surface area contributed by atoms with E-state index < -0.39 is 6.03 Å². The van der Waals surface area contributed by atoms with Crippen LogP contribution in [0.25, 0.3) is 0 Å². The number of hydrogen-bond donors (Lipinski definition) is 2. The number of nitrogens with zero attached hydrogens (tertiary/aromatic N) is 3. The van der Waals surface area contributed by atoms with E-state index in [1.807, 2.05) is 19.1 Å². The molecule has 0 saturated carbocycles. The van der Waals surface area contributed by atoms with Crippen LogP contribution in [0.4, 0.5) is 15.6 Å². The minimum absolute atomic E-state index is 0.406. The van der Waals surface area contributed by atoms with Crippen molar-refractivity contribution < 1.29 is 9.53 Å². The van der Waals surface area contributed by atoms with E-state index in [0.717, 1.165) is 16.1 Å². The molecule has 0 aliphatic carbocycles. The summed E-state index contributed by atoms with van der Waals surface area (Å²) in [5, 5.41) is 15.2. The van der Waals surface area contributed by atoms with Gasteiger partial charge in [0, 0.05) is 23.8 Å². The van der Waals surface area contributed by atoms with Crippen molar-refractivity contribution in [3.63, 3.8) is 0 Å². The van der Waals surface area contributed by atoms with Crippen LogP contribution in [0, 0.1) is 6.92 Å².